The van der Waals surface area contributed by atoms with Gasteiger partial charge < -0.3 is 10.6 Å². The molecule has 2 rings (SSSR count). The maximum Gasteiger partial charge on any atom is 0.254 e. The molecule has 0 saturated heterocycles. The maximum absolute atomic E-state index is 12.2. The number of pyridine rings is 1. The number of hydrogen-bond acceptors (Lipinski definition) is 3. The highest BCUT2D eigenvalue weighted by Gasteiger charge is 2.27. The quantitative estimate of drug-likeness (QED) is 0.876. The number of nitrogens with one attached hydrogen (secondary N) is 2. The Morgan fingerprint density at radius 1 is 1.37 bits per heavy atom. The summed E-state index contributed by atoms with van der Waals surface area (Å²) in [6, 6.07) is 1.82. The van der Waals surface area contributed by atoms with Gasteiger partial charge in [0.25, 0.3) is 5.91 Å². The first-order valence-corrected chi connectivity index (χ1v) is 7.05. The highest BCUT2D eigenvalue weighted by molar-refractivity contribution is 5.99. The van der Waals surface area contributed by atoms with Gasteiger partial charge in [-0.2, -0.15) is 0 Å². The molecule has 104 valence electrons. The summed E-state index contributed by atoms with van der Waals surface area (Å²) in [5, 5.41) is 6.09. The zero-order valence-corrected chi connectivity index (χ0v) is 11.8. The fraction of sp³-hybridized carbons (Fsp3) is 0.600. The number of amides is 1. The second-order valence-electron chi connectivity index (χ2n) is 5.73. The molecule has 0 aliphatic heterocycles. The van der Waals surface area contributed by atoms with Crippen LogP contribution in [-0.4, -0.2) is 24.5 Å². The van der Waals surface area contributed by atoms with Crippen molar-refractivity contribution >= 4 is 11.6 Å². The molecule has 1 saturated carbocycles. The molecule has 0 spiro atoms. The van der Waals surface area contributed by atoms with Crippen LogP contribution in [0.15, 0.2) is 18.5 Å². The molecule has 1 aliphatic rings. The molecular formula is C15H23N3O. The molecule has 0 bridgehead atoms. The molecule has 1 aliphatic carbocycles. The van der Waals surface area contributed by atoms with E-state index >= 15 is 0 Å². The molecule has 0 radical (unpaired) electrons. The minimum Gasteiger partial charge on any atom is -0.387 e. The van der Waals surface area contributed by atoms with Gasteiger partial charge in [0.05, 0.1) is 5.56 Å². The molecule has 0 atom stereocenters. The van der Waals surface area contributed by atoms with E-state index in [0.29, 0.717) is 5.56 Å². The number of carbonyl (C=O) groups excluding carboxylic acids is 1. The van der Waals surface area contributed by atoms with Gasteiger partial charge in [0.15, 0.2) is 0 Å². The second kappa shape index (κ2) is 6.04. The largest absolute Gasteiger partial charge is 0.387 e. The Morgan fingerprint density at radius 2 is 2.11 bits per heavy atom. The molecule has 4 heteroatoms. The highest BCUT2D eigenvalue weighted by Crippen LogP contribution is 2.35. The molecule has 4 nitrogen and oxygen atoms in total. The van der Waals surface area contributed by atoms with Gasteiger partial charge in [0.1, 0.15) is 0 Å². The molecule has 0 unspecified atom stereocenters. The number of rotatable bonds is 4. The lowest BCUT2D eigenvalue weighted by Gasteiger charge is -2.33. The number of carbonyl (C=O) groups is 1. The Balaban J connectivity index is 1.97. The molecule has 1 fully saturated rings. The fourth-order valence-electron chi connectivity index (χ4n) is 2.76. The van der Waals surface area contributed by atoms with Gasteiger partial charge in [-0.3, -0.25) is 9.78 Å². The lowest BCUT2D eigenvalue weighted by Crippen LogP contribution is -2.37. The fourth-order valence-corrected chi connectivity index (χ4v) is 2.76. The maximum atomic E-state index is 12.2. The molecular weight excluding hydrogens is 238 g/mol. The molecule has 1 heterocycles. The summed E-state index contributed by atoms with van der Waals surface area (Å²) in [5.74, 6) is -0.0377. The van der Waals surface area contributed by atoms with Gasteiger partial charge in [0.2, 0.25) is 0 Å². The van der Waals surface area contributed by atoms with Crippen molar-refractivity contribution in [2.75, 3.05) is 18.9 Å². The van der Waals surface area contributed by atoms with Crippen LogP contribution in [0.25, 0.3) is 0 Å². The van der Waals surface area contributed by atoms with Crippen LogP contribution in [0.2, 0.25) is 0 Å². The highest BCUT2D eigenvalue weighted by atomic mass is 16.1. The Hall–Kier alpha value is -1.58. The van der Waals surface area contributed by atoms with Crippen LogP contribution in [0.5, 0.6) is 0 Å². The number of nitrogens with zero attached hydrogens (tertiary/aromatic N) is 1. The number of aromatic nitrogens is 1. The monoisotopic (exact) mass is 261 g/mol. The number of hydrogen-bond donors (Lipinski definition) is 2. The summed E-state index contributed by atoms with van der Waals surface area (Å²) >= 11 is 0. The summed E-state index contributed by atoms with van der Waals surface area (Å²) in [5.41, 5.74) is 1.70. The van der Waals surface area contributed by atoms with Crippen LogP contribution in [-0.2, 0) is 0 Å². The average Bonchev–Trinajstić information content (AvgIpc) is 2.45. The van der Waals surface area contributed by atoms with Crippen molar-refractivity contribution in [3.8, 4) is 0 Å². The number of anilines is 1. The molecule has 0 aromatic carbocycles. The van der Waals surface area contributed by atoms with E-state index in [0.717, 1.165) is 12.2 Å². The summed E-state index contributed by atoms with van der Waals surface area (Å²) in [6.45, 7) is 3.03. The van der Waals surface area contributed by atoms with Crippen molar-refractivity contribution in [2.45, 2.75) is 39.0 Å². The first kappa shape index (κ1) is 13.8. The van der Waals surface area contributed by atoms with Crippen LogP contribution in [0.1, 0.15) is 49.4 Å². The SMILES string of the molecule is CNc1ccncc1C(=O)NCC1(C)CCCCC1. The standard InChI is InChI=1S/C15H23N3O/c1-15(7-4-3-5-8-15)11-18-14(19)12-10-17-9-6-13(12)16-2/h6,9-10H,3-5,7-8,11H2,1-2H3,(H,16,17)(H,18,19). The van der Waals surface area contributed by atoms with Crippen molar-refractivity contribution in [1.29, 1.82) is 0 Å². The van der Waals surface area contributed by atoms with E-state index in [-0.39, 0.29) is 11.3 Å². The minimum absolute atomic E-state index is 0.0377. The van der Waals surface area contributed by atoms with Gasteiger partial charge in [-0.1, -0.05) is 26.2 Å². The van der Waals surface area contributed by atoms with Crippen LogP contribution in [0, 0.1) is 5.41 Å². The van der Waals surface area contributed by atoms with Gasteiger partial charge >= 0.3 is 0 Å². The molecule has 1 aromatic rings. The summed E-state index contributed by atoms with van der Waals surface area (Å²) in [7, 11) is 1.81. The second-order valence-corrected chi connectivity index (χ2v) is 5.73. The third-order valence-electron chi connectivity index (χ3n) is 4.07. The first-order valence-electron chi connectivity index (χ1n) is 7.05. The third kappa shape index (κ3) is 3.46. The van der Waals surface area contributed by atoms with Crippen molar-refractivity contribution in [3.63, 3.8) is 0 Å². The molecule has 2 N–H and O–H groups in total. The van der Waals surface area contributed by atoms with Gasteiger partial charge in [-0.15, -0.1) is 0 Å². The molecule has 1 amide bonds. The van der Waals surface area contributed by atoms with E-state index in [1.165, 1.54) is 32.1 Å². The van der Waals surface area contributed by atoms with Crippen molar-refractivity contribution in [2.24, 2.45) is 5.41 Å². The topological polar surface area (TPSA) is 54.0 Å². The van der Waals surface area contributed by atoms with Crippen molar-refractivity contribution < 1.29 is 4.79 Å². The van der Waals surface area contributed by atoms with Crippen molar-refractivity contribution in [1.82, 2.24) is 10.3 Å². The zero-order chi connectivity index (χ0) is 13.7. The van der Waals surface area contributed by atoms with E-state index in [4.69, 9.17) is 0 Å². The zero-order valence-electron chi connectivity index (χ0n) is 11.8. The van der Waals surface area contributed by atoms with Gasteiger partial charge in [-0.05, 0) is 24.3 Å². The van der Waals surface area contributed by atoms with E-state index in [1.54, 1.807) is 12.4 Å². The molecule has 1 aromatic heterocycles. The smallest absolute Gasteiger partial charge is 0.254 e. The Labute approximate surface area is 115 Å². The van der Waals surface area contributed by atoms with Crippen LogP contribution < -0.4 is 10.6 Å². The summed E-state index contributed by atoms with van der Waals surface area (Å²) in [6.07, 6.45) is 9.60. The Kier molecular flexibility index (Phi) is 4.40. The summed E-state index contributed by atoms with van der Waals surface area (Å²) in [4.78, 5) is 16.2. The van der Waals surface area contributed by atoms with Crippen LogP contribution in [0.4, 0.5) is 5.69 Å². The van der Waals surface area contributed by atoms with E-state index in [2.05, 4.69) is 22.5 Å². The van der Waals surface area contributed by atoms with Gasteiger partial charge in [-0.25, -0.2) is 0 Å². The van der Waals surface area contributed by atoms with E-state index < -0.39 is 0 Å². The van der Waals surface area contributed by atoms with Crippen LogP contribution in [0.3, 0.4) is 0 Å². The summed E-state index contributed by atoms with van der Waals surface area (Å²) < 4.78 is 0. The normalized spacial score (nSPS) is 17.8. The Bertz CT molecular complexity index is 439. The third-order valence-corrected chi connectivity index (χ3v) is 4.07. The van der Waals surface area contributed by atoms with Crippen LogP contribution >= 0.6 is 0 Å². The van der Waals surface area contributed by atoms with Crippen molar-refractivity contribution in [3.05, 3.63) is 24.0 Å². The minimum atomic E-state index is -0.0377. The van der Waals surface area contributed by atoms with E-state index in [1.807, 2.05) is 13.1 Å². The predicted molar refractivity (Wildman–Crippen MR) is 77.3 cm³/mol. The average molecular weight is 261 g/mol. The molecule has 19 heavy (non-hydrogen) atoms. The van der Waals surface area contributed by atoms with E-state index in [9.17, 15) is 4.79 Å². The first-order chi connectivity index (χ1) is 9.14. The van der Waals surface area contributed by atoms with Gasteiger partial charge in [0, 0.05) is 31.7 Å². The Morgan fingerprint density at radius 3 is 2.79 bits per heavy atom. The lowest BCUT2D eigenvalue weighted by molar-refractivity contribution is 0.0919. The predicted octanol–water partition coefficient (Wildman–Crippen LogP) is 2.82. The lowest BCUT2D eigenvalue weighted by atomic mass is 9.76.